The second-order valence-electron chi connectivity index (χ2n) is 5.49. The molecule has 4 heteroatoms. The van der Waals surface area contributed by atoms with E-state index in [-0.39, 0.29) is 0 Å². The van der Waals surface area contributed by atoms with Crippen molar-refractivity contribution in [1.29, 1.82) is 0 Å². The van der Waals surface area contributed by atoms with Gasteiger partial charge in [-0.2, -0.15) is 0 Å². The van der Waals surface area contributed by atoms with Crippen molar-refractivity contribution in [2.75, 3.05) is 11.9 Å². The van der Waals surface area contributed by atoms with Crippen LogP contribution in [-0.4, -0.2) is 24.1 Å². The molecule has 0 saturated heterocycles. The van der Waals surface area contributed by atoms with Crippen LogP contribution in [0.25, 0.3) is 0 Å². The monoisotopic (exact) mass is 267 g/mol. The Labute approximate surface area is 115 Å². The summed E-state index contributed by atoms with van der Waals surface area (Å²) in [7, 11) is 2.19. The standard InChI is InChI=1S/C14H25N3S/c1-5-6-12-13(9-15-10(2)3)18-14(16-12)17(4)11-7-8-11/h10-11,15H,5-9H2,1-4H3. The van der Waals surface area contributed by atoms with E-state index in [0.717, 1.165) is 19.0 Å². The smallest absolute Gasteiger partial charge is 0.185 e. The summed E-state index contributed by atoms with van der Waals surface area (Å²) in [6.45, 7) is 7.57. The fraction of sp³-hybridized carbons (Fsp3) is 0.786. The SMILES string of the molecule is CCCc1nc(N(C)C2CC2)sc1CNC(C)C. The molecule has 0 bridgehead atoms. The van der Waals surface area contributed by atoms with E-state index < -0.39 is 0 Å². The van der Waals surface area contributed by atoms with Crippen molar-refractivity contribution < 1.29 is 0 Å². The van der Waals surface area contributed by atoms with Crippen LogP contribution in [0.5, 0.6) is 0 Å². The molecule has 0 unspecified atom stereocenters. The molecule has 1 N–H and O–H groups in total. The highest BCUT2D eigenvalue weighted by molar-refractivity contribution is 7.15. The van der Waals surface area contributed by atoms with Crippen LogP contribution < -0.4 is 10.2 Å². The number of aromatic nitrogens is 1. The van der Waals surface area contributed by atoms with Gasteiger partial charge in [0.05, 0.1) is 5.69 Å². The molecular weight excluding hydrogens is 242 g/mol. The van der Waals surface area contributed by atoms with Crippen molar-refractivity contribution in [2.45, 2.75) is 65.1 Å². The minimum atomic E-state index is 0.534. The molecule has 0 amide bonds. The van der Waals surface area contributed by atoms with Crippen molar-refractivity contribution in [1.82, 2.24) is 10.3 Å². The van der Waals surface area contributed by atoms with Gasteiger partial charge in [-0.15, -0.1) is 11.3 Å². The highest BCUT2D eigenvalue weighted by atomic mass is 32.1. The molecular formula is C14H25N3S. The Balaban J connectivity index is 2.09. The van der Waals surface area contributed by atoms with Crippen LogP contribution in [0.4, 0.5) is 5.13 Å². The van der Waals surface area contributed by atoms with Gasteiger partial charge in [-0.05, 0) is 19.3 Å². The topological polar surface area (TPSA) is 28.2 Å². The lowest BCUT2D eigenvalue weighted by atomic mass is 10.2. The lowest BCUT2D eigenvalue weighted by Gasteiger charge is -2.13. The van der Waals surface area contributed by atoms with Crippen molar-refractivity contribution in [2.24, 2.45) is 0 Å². The average Bonchev–Trinajstić information content (AvgIpc) is 3.09. The average molecular weight is 267 g/mol. The van der Waals surface area contributed by atoms with Crippen molar-refractivity contribution in [3.63, 3.8) is 0 Å². The first kappa shape index (κ1) is 13.8. The fourth-order valence-electron chi connectivity index (χ4n) is 2.01. The molecule has 102 valence electrons. The summed E-state index contributed by atoms with van der Waals surface area (Å²) in [4.78, 5) is 8.63. The zero-order valence-corrected chi connectivity index (χ0v) is 12.8. The number of hydrogen-bond donors (Lipinski definition) is 1. The molecule has 1 aromatic heterocycles. The van der Waals surface area contributed by atoms with Gasteiger partial charge in [0.1, 0.15) is 0 Å². The summed E-state index contributed by atoms with van der Waals surface area (Å²) in [6, 6.07) is 1.28. The molecule has 2 rings (SSSR count). The highest BCUT2D eigenvalue weighted by Gasteiger charge is 2.28. The maximum Gasteiger partial charge on any atom is 0.185 e. The van der Waals surface area contributed by atoms with Gasteiger partial charge in [-0.1, -0.05) is 27.2 Å². The first-order chi connectivity index (χ1) is 8.61. The minimum absolute atomic E-state index is 0.534. The van der Waals surface area contributed by atoms with Gasteiger partial charge >= 0.3 is 0 Å². The van der Waals surface area contributed by atoms with E-state index in [9.17, 15) is 0 Å². The molecule has 1 aliphatic carbocycles. The highest BCUT2D eigenvalue weighted by Crippen LogP contribution is 2.34. The normalized spacial score (nSPS) is 15.4. The van der Waals surface area contributed by atoms with Crippen LogP contribution >= 0.6 is 11.3 Å². The predicted molar refractivity (Wildman–Crippen MR) is 79.5 cm³/mol. The van der Waals surface area contributed by atoms with Gasteiger partial charge < -0.3 is 10.2 Å². The van der Waals surface area contributed by atoms with E-state index in [1.165, 1.54) is 35.0 Å². The van der Waals surface area contributed by atoms with Crippen LogP contribution in [0.15, 0.2) is 0 Å². The van der Waals surface area contributed by atoms with E-state index in [1.54, 1.807) is 0 Å². The Hall–Kier alpha value is -0.610. The number of aryl methyl sites for hydroxylation is 1. The Morgan fingerprint density at radius 3 is 2.72 bits per heavy atom. The van der Waals surface area contributed by atoms with E-state index >= 15 is 0 Å². The van der Waals surface area contributed by atoms with Gasteiger partial charge in [0, 0.05) is 30.6 Å². The molecule has 0 aliphatic heterocycles. The van der Waals surface area contributed by atoms with E-state index in [1.807, 2.05) is 11.3 Å². The number of nitrogens with one attached hydrogen (secondary N) is 1. The zero-order valence-electron chi connectivity index (χ0n) is 12.0. The summed E-state index contributed by atoms with van der Waals surface area (Å²) in [5, 5.41) is 4.72. The number of hydrogen-bond acceptors (Lipinski definition) is 4. The van der Waals surface area contributed by atoms with E-state index in [2.05, 4.69) is 38.0 Å². The maximum atomic E-state index is 4.84. The molecule has 18 heavy (non-hydrogen) atoms. The Morgan fingerprint density at radius 2 is 2.17 bits per heavy atom. The molecule has 1 fully saturated rings. The van der Waals surface area contributed by atoms with Crippen molar-refractivity contribution in [3.8, 4) is 0 Å². The first-order valence-corrected chi connectivity index (χ1v) is 7.88. The van der Waals surface area contributed by atoms with Crippen LogP contribution in [-0.2, 0) is 13.0 Å². The maximum absolute atomic E-state index is 4.84. The van der Waals surface area contributed by atoms with Crippen molar-refractivity contribution in [3.05, 3.63) is 10.6 Å². The lowest BCUT2D eigenvalue weighted by molar-refractivity contribution is 0.589. The van der Waals surface area contributed by atoms with Crippen LogP contribution in [0.1, 0.15) is 50.6 Å². The molecule has 0 aromatic carbocycles. The molecule has 1 aromatic rings. The third-order valence-electron chi connectivity index (χ3n) is 3.32. The first-order valence-electron chi connectivity index (χ1n) is 7.06. The minimum Gasteiger partial charge on any atom is -0.348 e. The van der Waals surface area contributed by atoms with Crippen LogP contribution in [0, 0.1) is 0 Å². The van der Waals surface area contributed by atoms with Crippen molar-refractivity contribution >= 4 is 16.5 Å². The second kappa shape index (κ2) is 6.02. The Morgan fingerprint density at radius 1 is 1.44 bits per heavy atom. The zero-order chi connectivity index (χ0) is 13.1. The largest absolute Gasteiger partial charge is 0.348 e. The van der Waals surface area contributed by atoms with Gasteiger partial charge in [-0.25, -0.2) is 4.98 Å². The van der Waals surface area contributed by atoms with Gasteiger partial charge in [0.2, 0.25) is 0 Å². The van der Waals surface area contributed by atoms with E-state index in [4.69, 9.17) is 4.98 Å². The van der Waals surface area contributed by atoms with Gasteiger partial charge in [-0.3, -0.25) is 0 Å². The molecule has 3 nitrogen and oxygen atoms in total. The Bertz CT molecular complexity index is 382. The number of thiazole rings is 1. The summed E-state index contributed by atoms with van der Waals surface area (Å²) < 4.78 is 0. The predicted octanol–water partition coefficient (Wildman–Crippen LogP) is 3.19. The van der Waals surface area contributed by atoms with Gasteiger partial charge in [0.15, 0.2) is 5.13 Å². The van der Waals surface area contributed by atoms with E-state index in [0.29, 0.717) is 6.04 Å². The number of anilines is 1. The summed E-state index contributed by atoms with van der Waals surface area (Å²) in [5.74, 6) is 0. The summed E-state index contributed by atoms with van der Waals surface area (Å²) in [6.07, 6.45) is 4.94. The molecule has 0 radical (unpaired) electrons. The second-order valence-corrected chi connectivity index (χ2v) is 6.56. The van der Waals surface area contributed by atoms with Crippen LogP contribution in [0.2, 0.25) is 0 Å². The third kappa shape index (κ3) is 3.45. The fourth-order valence-corrected chi connectivity index (χ4v) is 3.10. The summed E-state index contributed by atoms with van der Waals surface area (Å²) >= 11 is 1.87. The Kier molecular flexibility index (Phi) is 4.62. The third-order valence-corrected chi connectivity index (χ3v) is 4.51. The molecule has 1 heterocycles. The van der Waals surface area contributed by atoms with Crippen LogP contribution in [0.3, 0.4) is 0 Å². The quantitative estimate of drug-likeness (QED) is 0.822. The summed E-state index contributed by atoms with van der Waals surface area (Å²) in [5.41, 5.74) is 1.30. The molecule has 0 atom stereocenters. The molecule has 1 aliphatic rings. The number of nitrogens with zero attached hydrogens (tertiary/aromatic N) is 2. The number of rotatable bonds is 7. The van der Waals surface area contributed by atoms with Gasteiger partial charge in [0.25, 0.3) is 0 Å². The molecule has 0 spiro atoms. The lowest BCUT2D eigenvalue weighted by Crippen LogP contribution is -2.21. The molecule has 1 saturated carbocycles.